The molecule has 0 spiro atoms. The molecule has 7 heteroatoms. The van der Waals surface area contributed by atoms with E-state index in [9.17, 15) is 13.2 Å². The fourth-order valence-electron chi connectivity index (χ4n) is 3.50. The highest BCUT2D eigenvalue weighted by Crippen LogP contribution is 2.29. The van der Waals surface area contributed by atoms with E-state index in [-0.39, 0.29) is 17.3 Å². The van der Waals surface area contributed by atoms with Crippen molar-refractivity contribution in [1.82, 2.24) is 10.3 Å². The van der Waals surface area contributed by atoms with E-state index in [2.05, 4.69) is 24.1 Å². The Balaban J connectivity index is 1.73. The van der Waals surface area contributed by atoms with Crippen molar-refractivity contribution in [3.8, 4) is 5.75 Å². The number of rotatable bonds is 11. The molecule has 1 aromatic heterocycles. The number of carbonyl (C=O) groups is 1. The molecular formula is C28H32N2O4S. The molecule has 0 fully saturated rings. The molecule has 0 saturated heterocycles. The second kappa shape index (κ2) is 12.3. The molecule has 0 aliphatic rings. The Bertz CT molecular complexity index is 1220. The summed E-state index contributed by atoms with van der Waals surface area (Å²) in [6, 6.07) is 17.7. The summed E-state index contributed by atoms with van der Waals surface area (Å²) in [6.45, 7) is 6.73. The maximum absolute atomic E-state index is 13.5. The monoisotopic (exact) mass is 492 g/mol. The number of carbonyl (C=O) groups excluding carboxylic acids is 1. The van der Waals surface area contributed by atoms with Crippen molar-refractivity contribution >= 4 is 21.8 Å². The summed E-state index contributed by atoms with van der Waals surface area (Å²) in [6.07, 6.45) is 7.11. The van der Waals surface area contributed by atoms with Crippen LogP contribution in [0, 0.1) is 0 Å². The zero-order chi connectivity index (χ0) is 25.3. The van der Waals surface area contributed by atoms with E-state index >= 15 is 0 Å². The topological polar surface area (TPSA) is 85.4 Å². The van der Waals surface area contributed by atoms with Gasteiger partial charge in [0.25, 0.3) is 0 Å². The van der Waals surface area contributed by atoms with Crippen molar-refractivity contribution in [1.29, 1.82) is 0 Å². The van der Waals surface area contributed by atoms with Gasteiger partial charge in [-0.3, -0.25) is 9.78 Å². The number of hydrogen-bond acceptors (Lipinski definition) is 5. The fraction of sp³-hybridized carbons (Fsp3) is 0.286. The van der Waals surface area contributed by atoms with Crippen LogP contribution in [0.2, 0.25) is 0 Å². The average molecular weight is 493 g/mol. The smallest absolute Gasteiger partial charge is 0.244 e. The Morgan fingerprint density at radius 2 is 1.74 bits per heavy atom. The molecule has 0 bridgehead atoms. The van der Waals surface area contributed by atoms with Gasteiger partial charge in [0, 0.05) is 25.0 Å². The van der Waals surface area contributed by atoms with Gasteiger partial charge in [-0.1, -0.05) is 51.1 Å². The van der Waals surface area contributed by atoms with E-state index in [4.69, 9.17) is 4.74 Å². The van der Waals surface area contributed by atoms with Crippen LogP contribution in [0.3, 0.4) is 0 Å². The Morgan fingerprint density at radius 3 is 2.34 bits per heavy atom. The predicted octanol–water partition coefficient (Wildman–Crippen LogP) is 5.34. The number of amides is 1. The maximum atomic E-state index is 13.5. The van der Waals surface area contributed by atoms with Crippen LogP contribution in [0.25, 0.3) is 6.08 Å². The highest BCUT2D eigenvalue weighted by atomic mass is 32.2. The van der Waals surface area contributed by atoms with Gasteiger partial charge in [0.1, 0.15) is 11.0 Å². The lowest BCUT2D eigenvalue weighted by Gasteiger charge is -2.19. The third-order valence-corrected chi connectivity index (χ3v) is 7.67. The minimum absolute atomic E-state index is 0.0765. The van der Waals surface area contributed by atoms with Crippen LogP contribution in [-0.4, -0.2) is 32.5 Å². The van der Waals surface area contributed by atoms with Crippen LogP contribution in [0.1, 0.15) is 55.1 Å². The van der Waals surface area contributed by atoms with E-state index in [1.54, 1.807) is 36.5 Å². The fourth-order valence-corrected chi connectivity index (χ4v) is 5.14. The summed E-state index contributed by atoms with van der Waals surface area (Å²) in [5.41, 5.74) is 2.42. The van der Waals surface area contributed by atoms with Crippen LogP contribution in [0.15, 0.2) is 84.0 Å². The lowest BCUT2D eigenvalue weighted by molar-refractivity contribution is -0.116. The molecular weight excluding hydrogens is 460 g/mol. The molecule has 1 N–H and O–H groups in total. The summed E-state index contributed by atoms with van der Waals surface area (Å²) in [7, 11) is -3.76. The van der Waals surface area contributed by atoms with Crippen molar-refractivity contribution in [3.63, 3.8) is 0 Å². The van der Waals surface area contributed by atoms with E-state index in [1.807, 2.05) is 43.3 Å². The minimum Gasteiger partial charge on any atom is -0.494 e. The molecule has 1 heterocycles. The molecule has 6 nitrogen and oxygen atoms in total. The van der Waals surface area contributed by atoms with E-state index < -0.39 is 15.1 Å². The van der Waals surface area contributed by atoms with Gasteiger partial charge in [0.05, 0.1) is 11.5 Å². The first-order valence-electron chi connectivity index (χ1n) is 11.7. The summed E-state index contributed by atoms with van der Waals surface area (Å²) >= 11 is 0. The first kappa shape index (κ1) is 26.2. The number of hydrogen-bond donors (Lipinski definition) is 1. The van der Waals surface area contributed by atoms with E-state index in [0.29, 0.717) is 18.1 Å². The molecule has 0 saturated carbocycles. The number of sulfone groups is 1. The highest BCUT2D eigenvalue weighted by molar-refractivity contribution is 7.91. The number of nitrogens with one attached hydrogen (secondary N) is 1. The molecule has 2 aromatic carbocycles. The number of pyridine rings is 1. The average Bonchev–Trinajstić information content (AvgIpc) is 2.87. The Morgan fingerprint density at radius 1 is 1.03 bits per heavy atom. The molecule has 0 aliphatic heterocycles. The molecule has 1 amide bonds. The summed E-state index contributed by atoms with van der Waals surface area (Å²) in [5.74, 6) is 0.696. The van der Waals surface area contributed by atoms with Gasteiger partial charge in [-0.25, -0.2) is 8.42 Å². The Kier molecular flexibility index (Phi) is 9.20. The molecule has 1 atom stereocenters. The predicted molar refractivity (Wildman–Crippen MR) is 139 cm³/mol. The van der Waals surface area contributed by atoms with Gasteiger partial charge in [0.15, 0.2) is 9.84 Å². The molecule has 0 radical (unpaired) electrons. The Labute approximate surface area is 208 Å². The Hall–Kier alpha value is -3.45. The quantitative estimate of drug-likeness (QED) is 0.365. The SMILES string of the molecule is CCCOc1ccc(/C=C/C(=O)NCC(c2cccnc2)S(=O)(=O)c2ccc(C(C)C)cc2)cc1. The third-order valence-electron chi connectivity index (χ3n) is 5.55. The first-order valence-corrected chi connectivity index (χ1v) is 13.3. The van der Waals surface area contributed by atoms with Crippen molar-refractivity contribution in [2.45, 2.75) is 43.3 Å². The van der Waals surface area contributed by atoms with Gasteiger partial charge < -0.3 is 10.1 Å². The lowest BCUT2D eigenvalue weighted by Crippen LogP contribution is -2.31. The second-order valence-electron chi connectivity index (χ2n) is 8.54. The van der Waals surface area contributed by atoms with Crippen LogP contribution < -0.4 is 10.1 Å². The van der Waals surface area contributed by atoms with Crippen molar-refractivity contribution in [3.05, 3.63) is 95.8 Å². The molecule has 184 valence electrons. The number of benzene rings is 2. The van der Waals surface area contributed by atoms with Gasteiger partial charge in [-0.05, 0) is 65.4 Å². The maximum Gasteiger partial charge on any atom is 0.244 e. The molecule has 1 unspecified atom stereocenters. The summed E-state index contributed by atoms with van der Waals surface area (Å²) in [4.78, 5) is 16.8. The third kappa shape index (κ3) is 7.26. The molecule has 35 heavy (non-hydrogen) atoms. The van der Waals surface area contributed by atoms with Gasteiger partial charge in [-0.15, -0.1) is 0 Å². The molecule has 0 aliphatic carbocycles. The van der Waals surface area contributed by atoms with Crippen LogP contribution >= 0.6 is 0 Å². The van der Waals surface area contributed by atoms with Gasteiger partial charge >= 0.3 is 0 Å². The number of nitrogens with zero attached hydrogens (tertiary/aromatic N) is 1. The van der Waals surface area contributed by atoms with Crippen molar-refractivity contribution < 1.29 is 17.9 Å². The van der Waals surface area contributed by atoms with Crippen LogP contribution in [-0.2, 0) is 14.6 Å². The van der Waals surface area contributed by atoms with Crippen molar-refractivity contribution in [2.75, 3.05) is 13.2 Å². The lowest BCUT2D eigenvalue weighted by atomic mass is 10.0. The summed E-state index contributed by atoms with van der Waals surface area (Å²) in [5, 5.41) is 1.77. The normalized spacial score (nSPS) is 12.6. The highest BCUT2D eigenvalue weighted by Gasteiger charge is 2.29. The minimum atomic E-state index is -3.76. The zero-order valence-corrected chi connectivity index (χ0v) is 21.2. The van der Waals surface area contributed by atoms with E-state index in [1.165, 1.54) is 12.3 Å². The molecule has 3 rings (SSSR count). The van der Waals surface area contributed by atoms with E-state index in [0.717, 1.165) is 23.3 Å². The number of aromatic nitrogens is 1. The van der Waals surface area contributed by atoms with Gasteiger partial charge in [0.2, 0.25) is 5.91 Å². The van der Waals surface area contributed by atoms with Crippen LogP contribution in [0.5, 0.6) is 5.75 Å². The standard InChI is InChI=1S/C28H32N2O4S/c1-4-18-34-25-12-7-22(8-13-25)9-16-28(31)30-20-27(24-6-5-17-29-19-24)35(32,33)26-14-10-23(11-15-26)21(2)3/h5-17,19,21,27H,4,18,20H2,1-3H3,(H,30,31)/b16-9+. The van der Waals surface area contributed by atoms with Gasteiger partial charge in [-0.2, -0.15) is 0 Å². The summed E-state index contributed by atoms with van der Waals surface area (Å²) < 4.78 is 32.6. The molecule has 3 aromatic rings. The largest absolute Gasteiger partial charge is 0.494 e. The van der Waals surface area contributed by atoms with Crippen molar-refractivity contribution in [2.24, 2.45) is 0 Å². The zero-order valence-electron chi connectivity index (χ0n) is 20.3. The first-order chi connectivity index (χ1) is 16.8. The number of ether oxygens (including phenoxy) is 1. The van der Waals surface area contributed by atoms with Crippen LogP contribution in [0.4, 0.5) is 0 Å². The second-order valence-corrected chi connectivity index (χ2v) is 10.7.